The molecule has 2 atom stereocenters. The zero-order valence-corrected chi connectivity index (χ0v) is 10.9. The second-order valence-corrected chi connectivity index (χ2v) is 4.89. The average Bonchev–Trinajstić information content (AvgIpc) is 2.67. The summed E-state index contributed by atoms with van der Waals surface area (Å²) in [6.07, 6.45) is 1.11. The van der Waals surface area contributed by atoms with E-state index in [4.69, 9.17) is 4.74 Å². The number of halogens is 1. The van der Waals surface area contributed by atoms with E-state index < -0.39 is 4.92 Å². The van der Waals surface area contributed by atoms with E-state index in [9.17, 15) is 10.1 Å². The molecule has 2 rings (SSSR count). The first kappa shape index (κ1) is 12.3. The average molecular weight is 301 g/mol. The smallest absolute Gasteiger partial charge is 0.270 e. The number of nitrogens with one attached hydrogen (secondary N) is 1. The Kier molecular flexibility index (Phi) is 3.63. The highest BCUT2D eigenvalue weighted by atomic mass is 79.9. The predicted octanol–water partition coefficient (Wildman–Crippen LogP) is 2.95. The number of hydrogen-bond acceptors (Lipinski definition) is 4. The molecule has 1 aromatic carbocycles. The number of ether oxygens (including phenoxy) is 1. The highest BCUT2D eigenvalue weighted by Crippen LogP contribution is 2.29. The third-order valence-electron chi connectivity index (χ3n) is 2.88. The lowest BCUT2D eigenvalue weighted by atomic mass is 10.1. The summed E-state index contributed by atoms with van der Waals surface area (Å²) in [5, 5.41) is 13.9. The van der Waals surface area contributed by atoms with Crippen molar-refractivity contribution in [2.75, 3.05) is 11.9 Å². The summed E-state index contributed by atoms with van der Waals surface area (Å²) in [6, 6.07) is 4.97. The zero-order chi connectivity index (χ0) is 12.4. The third-order valence-corrected chi connectivity index (χ3v) is 3.54. The highest BCUT2D eigenvalue weighted by molar-refractivity contribution is 9.10. The van der Waals surface area contributed by atoms with E-state index >= 15 is 0 Å². The fourth-order valence-electron chi connectivity index (χ4n) is 1.86. The van der Waals surface area contributed by atoms with E-state index in [1.807, 2.05) is 6.92 Å². The lowest BCUT2D eigenvalue weighted by molar-refractivity contribution is -0.384. The van der Waals surface area contributed by atoms with Gasteiger partial charge in [-0.3, -0.25) is 10.1 Å². The van der Waals surface area contributed by atoms with E-state index in [0.717, 1.165) is 18.7 Å². The molecule has 2 unspecified atom stereocenters. The molecular formula is C11H13BrN2O3. The highest BCUT2D eigenvalue weighted by Gasteiger charge is 2.24. The van der Waals surface area contributed by atoms with Crippen LogP contribution in [0.15, 0.2) is 22.7 Å². The second-order valence-electron chi connectivity index (χ2n) is 4.04. The maximum atomic E-state index is 10.6. The number of nitrogens with zero attached hydrogens (tertiary/aromatic N) is 1. The van der Waals surface area contributed by atoms with Gasteiger partial charge in [-0.2, -0.15) is 0 Å². The summed E-state index contributed by atoms with van der Waals surface area (Å²) in [6.45, 7) is 2.77. The molecule has 1 heterocycles. The number of nitro groups is 1. The van der Waals surface area contributed by atoms with Crippen molar-refractivity contribution in [1.82, 2.24) is 0 Å². The molecule has 1 fully saturated rings. The molecule has 0 aliphatic carbocycles. The van der Waals surface area contributed by atoms with Gasteiger partial charge in [-0.05, 0) is 35.3 Å². The van der Waals surface area contributed by atoms with Gasteiger partial charge in [0, 0.05) is 28.9 Å². The zero-order valence-electron chi connectivity index (χ0n) is 9.35. The molecular weight excluding hydrogens is 288 g/mol. The number of benzene rings is 1. The normalized spacial score (nSPS) is 23.6. The van der Waals surface area contributed by atoms with Gasteiger partial charge in [0.25, 0.3) is 5.69 Å². The van der Waals surface area contributed by atoms with Crippen LogP contribution in [0.3, 0.4) is 0 Å². The van der Waals surface area contributed by atoms with Crippen molar-refractivity contribution >= 4 is 27.3 Å². The molecule has 0 amide bonds. The van der Waals surface area contributed by atoms with Gasteiger partial charge in [0.05, 0.1) is 17.1 Å². The second kappa shape index (κ2) is 5.01. The van der Waals surface area contributed by atoms with Crippen LogP contribution in [-0.2, 0) is 4.74 Å². The number of rotatable bonds is 3. The van der Waals surface area contributed by atoms with Gasteiger partial charge in [0.15, 0.2) is 0 Å². The number of non-ortho nitro benzene ring substituents is 1. The minimum atomic E-state index is -0.407. The molecule has 1 N–H and O–H groups in total. The molecule has 0 aromatic heterocycles. The van der Waals surface area contributed by atoms with Crippen LogP contribution in [0.1, 0.15) is 13.3 Å². The van der Waals surface area contributed by atoms with Gasteiger partial charge in [0.1, 0.15) is 0 Å². The van der Waals surface area contributed by atoms with Crippen LogP contribution in [0, 0.1) is 10.1 Å². The quantitative estimate of drug-likeness (QED) is 0.688. The van der Waals surface area contributed by atoms with E-state index in [0.29, 0.717) is 4.47 Å². The molecule has 1 aromatic rings. The van der Waals surface area contributed by atoms with E-state index in [1.54, 1.807) is 6.07 Å². The van der Waals surface area contributed by atoms with E-state index in [1.165, 1.54) is 12.1 Å². The number of nitro benzene ring substituents is 1. The van der Waals surface area contributed by atoms with Crippen LogP contribution in [0.5, 0.6) is 0 Å². The number of anilines is 1. The molecule has 0 bridgehead atoms. The molecule has 6 heteroatoms. The van der Waals surface area contributed by atoms with Crippen LogP contribution in [0.25, 0.3) is 0 Å². The summed E-state index contributed by atoms with van der Waals surface area (Å²) in [5.74, 6) is 0. The van der Waals surface area contributed by atoms with Crippen molar-refractivity contribution in [1.29, 1.82) is 0 Å². The lowest BCUT2D eigenvalue weighted by Crippen LogP contribution is -2.26. The van der Waals surface area contributed by atoms with Crippen molar-refractivity contribution in [3.63, 3.8) is 0 Å². The van der Waals surface area contributed by atoms with E-state index in [-0.39, 0.29) is 17.8 Å². The van der Waals surface area contributed by atoms with E-state index in [2.05, 4.69) is 21.2 Å². The Labute approximate surface area is 107 Å². The standard InChI is InChI=1S/C11H13BrN2O3/c1-7-10(4-5-17-7)13-11-3-2-8(14(15)16)6-9(11)12/h2-3,6-7,10,13H,4-5H2,1H3. The van der Waals surface area contributed by atoms with Gasteiger partial charge < -0.3 is 10.1 Å². The van der Waals surface area contributed by atoms with Gasteiger partial charge in [-0.25, -0.2) is 0 Å². The van der Waals surface area contributed by atoms with Crippen LogP contribution >= 0.6 is 15.9 Å². The Morgan fingerprint density at radius 1 is 1.59 bits per heavy atom. The first-order valence-electron chi connectivity index (χ1n) is 5.40. The fraction of sp³-hybridized carbons (Fsp3) is 0.455. The summed E-state index contributed by atoms with van der Waals surface area (Å²) >= 11 is 3.33. The molecule has 92 valence electrons. The van der Waals surface area contributed by atoms with Gasteiger partial charge in [0.2, 0.25) is 0 Å². The Morgan fingerprint density at radius 3 is 2.88 bits per heavy atom. The Morgan fingerprint density at radius 2 is 2.35 bits per heavy atom. The van der Waals surface area contributed by atoms with Gasteiger partial charge >= 0.3 is 0 Å². The summed E-state index contributed by atoms with van der Waals surface area (Å²) in [5.41, 5.74) is 0.941. The molecule has 0 saturated carbocycles. The Balaban J connectivity index is 2.14. The third kappa shape index (κ3) is 2.76. The summed E-state index contributed by atoms with van der Waals surface area (Å²) < 4.78 is 6.15. The Bertz CT molecular complexity index is 439. The van der Waals surface area contributed by atoms with Gasteiger partial charge in [-0.1, -0.05) is 0 Å². The maximum absolute atomic E-state index is 10.6. The van der Waals surface area contributed by atoms with Crippen molar-refractivity contribution in [2.45, 2.75) is 25.5 Å². The summed E-state index contributed by atoms with van der Waals surface area (Å²) in [7, 11) is 0. The molecule has 0 spiro atoms. The summed E-state index contributed by atoms with van der Waals surface area (Å²) in [4.78, 5) is 10.2. The van der Waals surface area contributed by atoms with Crippen molar-refractivity contribution in [2.24, 2.45) is 0 Å². The number of hydrogen-bond donors (Lipinski definition) is 1. The lowest BCUT2D eigenvalue weighted by Gasteiger charge is -2.18. The molecule has 1 aliphatic heterocycles. The molecule has 0 radical (unpaired) electrons. The van der Waals surface area contributed by atoms with Crippen LogP contribution in [-0.4, -0.2) is 23.7 Å². The molecule has 17 heavy (non-hydrogen) atoms. The van der Waals surface area contributed by atoms with Crippen molar-refractivity contribution < 1.29 is 9.66 Å². The van der Waals surface area contributed by atoms with Gasteiger partial charge in [-0.15, -0.1) is 0 Å². The first-order valence-corrected chi connectivity index (χ1v) is 6.19. The topological polar surface area (TPSA) is 64.4 Å². The SMILES string of the molecule is CC1OCCC1Nc1ccc([N+](=O)[O-])cc1Br. The first-order chi connectivity index (χ1) is 8.08. The largest absolute Gasteiger partial charge is 0.379 e. The van der Waals surface area contributed by atoms with Crippen molar-refractivity contribution in [3.05, 3.63) is 32.8 Å². The Hall–Kier alpha value is -1.14. The maximum Gasteiger partial charge on any atom is 0.270 e. The predicted molar refractivity (Wildman–Crippen MR) is 68.2 cm³/mol. The fourth-order valence-corrected chi connectivity index (χ4v) is 2.34. The monoisotopic (exact) mass is 300 g/mol. The molecule has 1 saturated heterocycles. The molecule has 1 aliphatic rings. The minimum Gasteiger partial charge on any atom is -0.379 e. The van der Waals surface area contributed by atoms with Crippen LogP contribution in [0.2, 0.25) is 0 Å². The van der Waals surface area contributed by atoms with Crippen LogP contribution in [0.4, 0.5) is 11.4 Å². The van der Waals surface area contributed by atoms with Crippen molar-refractivity contribution in [3.8, 4) is 0 Å². The van der Waals surface area contributed by atoms with Crippen LogP contribution < -0.4 is 5.32 Å². The minimum absolute atomic E-state index is 0.0816. The molecule has 5 nitrogen and oxygen atoms in total.